The number of nitrogens with one attached hydrogen (secondary N) is 1. The summed E-state index contributed by atoms with van der Waals surface area (Å²) in [4.78, 5) is 0. The van der Waals surface area contributed by atoms with Crippen molar-refractivity contribution >= 4 is 0 Å². The molecule has 1 rings (SSSR count). The Bertz CT molecular complexity index is 380. The predicted octanol–water partition coefficient (Wildman–Crippen LogP) is 2.75. The first kappa shape index (κ1) is 14.6. The van der Waals surface area contributed by atoms with Gasteiger partial charge in [-0.3, -0.25) is 0 Å². The smallest absolute Gasteiger partial charge is 0.422 e. The molecular formula is C12H16F3NO2. The van der Waals surface area contributed by atoms with Crippen LogP contribution in [0, 0.1) is 0 Å². The Morgan fingerprint density at radius 3 is 2.56 bits per heavy atom. The third kappa shape index (κ3) is 4.44. The number of alkyl halides is 3. The van der Waals surface area contributed by atoms with Crippen molar-refractivity contribution in [3.05, 3.63) is 23.8 Å². The number of hydrogen-bond acceptors (Lipinski definition) is 3. The van der Waals surface area contributed by atoms with Crippen molar-refractivity contribution in [1.29, 1.82) is 0 Å². The number of hydrogen-bond donors (Lipinski definition) is 1. The Morgan fingerprint density at radius 2 is 2.00 bits per heavy atom. The van der Waals surface area contributed by atoms with E-state index in [4.69, 9.17) is 9.47 Å². The van der Waals surface area contributed by atoms with Gasteiger partial charge in [0, 0.05) is 12.1 Å². The first-order valence-electron chi connectivity index (χ1n) is 5.54. The van der Waals surface area contributed by atoms with Gasteiger partial charge in [0.05, 0.1) is 7.11 Å². The minimum absolute atomic E-state index is 0.137. The van der Waals surface area contributed by atoms with Gasteiger partial charge in [0.1, 0.15) is 0 Å². The average Bonchev–Trinajstić information content (AvgIpc) is 2.32. The lowest BCUT2D eigenvalue weighted by Crippen LogP contribution is -2.21. The normalized spacial score (nSPS) is 11.4. The molecule has 0 aliphatic rings. The topological polar surface area (TPSA) is 30.5 Å². The molecule has 0 fully saturated rings. The van der Waals surface area contributed by atoms with Crippen LogP contribution in [0.4, 0.5) is 13.2 Å². The molecular weight excluding hydrogens is 247 g/mol. The van der Waals surface area contributed by atoms with E-state index in [0.29, 0.717) is 17.9 Å². The minimum Gasteiger partial charge on any atom is -0.493 e. The van der Waals surface area contributed by atoms with Crippen LogP contribution in [0.3, 0.4) is 0 Å². The zero-order valence-electron chi connectivity index (χ0n) is 10.3. The molecule has 18 heavy (non-hydrogen) atoms. The van der Waals surface area contributed by atoms with E-state index < -0.39 is 12.8 Å². The van der Waals surface area contributed by atoms with Crippen molar-refractivity contribution < 1.29 is 22.6 Å². The van der Waals surface area contributed by atoms with Crippen LogP contribution in [0.5, 0.6) is 11.5 Å². The van der Waals surface area contributed by atoms with Crippen molar-refractivity contribution in [2.75, 3.05) is 20.3 Å². The summed E-state index contributed by atoms with van der Waals surface area (Å²) in [5, 5.41) is 3.04. The van der Waals surface area contributed by atoms with Crippen LogP contribution >= 0.6 is 0 Å². The van der Waals surface area contributed by atoms with Gasteiger partial charge in [-0.25, -0.2) is 0 Å². The van der Waals surface area contributed by atoms with E-state index >= 15 is 0 Å². The molecule has 0 heterocycles. The minimum atomic E-state index is -4.36. The third-order valence-electron chi connectivity index (χ3n) is 2.23. The molecule has 0 saturated heterocycles. The summed E-state index contributed by atoms with van der Waals surface area (Å²) in [5.41, 5.74) is 0.639. The fourth-order valence-electron chi connectivity index (χ4n) is 1.44. The number of rotatable bonds is 6. The highest BCUT2D eigenvalue weighted by atomic mass is 19.4. The molecule has 1 aromatic carbocycles. The average molecular weight is 263 g/mol. The number of halogens is 3. The standard InChI is InChI=1S/C12H16F3NO2/c1-3-16-7-9-5-4-6-10(17-2)11(9)18-8-12(13,14)15/h4-6,16H,3,7-8H2,1-2H3. The predicted molar refractivity (Wildman–Crippen MR) is 61.9 cm³/mol. The fourth-order valence-corrected chi connectivity index (χ4v) is 1.44. The molecule has 0 atom stereocenters. The summed E-state index contributed by atoms with van der Waals surface area (Å²) in [6.07, 6.45) is -4.36. The summed E-state index contributed by atoms with van der Waals surface area (Å²) in [7, 11) is 1.40. The lowest BCUT2D eigenvalue weighted by molar-refractivity contribution is -0.153. The van der Waals surface area contributed by atoms with E-state index in [2.05, 4.69) is 5.32 Å². The number of benzene rings is 1. The van der Waals surface area contributed by atoms with Crippen molar-refractivity contribution in [2.24, 2.45) is 0 Å². The molecule has 0 radical (unpaired) electrons. The number of ether oxygens (including phenoxy) is 2. The Morgan fingerprint density at radius 1 is 1.28 bits per heavy atom. The lowest BCUT2D eigenvalue weighted by Gasteiger charge is -2.16. The van der Waals surface area contributed by atoms with Crippen molar-refractivity contribution in [3.63, 3.8) is 0 Å². The maximum Gasteiger partial charge on any atom is 0.422 e. The molecule has 0 amide bonds. The van der Waals surface area contributed by atoms with E-state index in [0.717, 1.165) is 6.54 Å². The molecule has 3 nitrogen and oxygen atoms in total. The van der Waals surface area contributed by atoms with Crippen LogP contribution in [0.2, 0.25) is 0 Å². The van der Waals surface area contributed by atoms with Crippen LogP contribution in [-0.4, -0.2) is 26.4 Å². The van der Waals surface area contributed by atoms with E-state index in [1.54, 1.807) is 18.2 Å². The van der Waals surface area contributed by atoms with Gasteiger partial charge in [0.15, 0.2) is 18.1 Å². The largest absolute Gasteiger partial charge is 0.493 e. The van der Waals surface area contributed by atoms with Gasteiger partial charge >= 0.3 is 6.18 Å². The molecule has 1 aromatic rings. The van der Waals surface area contributed by atoms with Gasteiger partial charge in [-0.05, 0) is 12.6 Å². The van der Waals surface area contributed by atoms with Gasteiger partial charge in [0.25, 0.3) is 0 Å². The van der Waals surface area contributed by atoms with Gasteiger partial charge < -0.3 is 14.8 Å². The number of methoxy groups -OCH3 is 1. The summed E-state index contributed by atoms with van der Waals surface area (Å²) >= 11 is 0. The van der Waals surface area contributed by atoms with Crippen LogP contribution in [0.15, 0.2) is 18.2 Å². The highest BCUT2D eigenvalue weighted by molar-refractivity contribution is 5.46. The van der Waals surface area contributed by atoms with Crippen LogP contribution in [0.1, 0.15) is 12.5 Å². The molecule has 0 aliphatic heterocycles. The second kappa shape index (κ2) is 6.49. The van der Waals surface area contributed by atoms with Crippen LogP contribution in [0.25, 0.3) is 0 Å². The molecule has 6 heteroatoms. The molecule has 0 aliphatic carbocycles. The highest BCUT2D eigenvalue weighted by Crippen LogP contribution is 2.32. The molecule has 0 bridgehead atoms. The summed E-state index contributed by atoms with van der Waals surface area (Å²) in [6.45, 7) is 1.74. The quantitative estimate of drug-likeness (QED) is 0.856. The highest BCUT2D eigenvalue weighted by Gasteiger charge is 2.29. The maximum absolute atomic E-state index is 12.2. The van der Waals surface area contributed by atoms with E-state index in [1.165, 1.54) is 7.11 Å². The molecule has 1 N–H and O–H groups in total. The molecule has 0 aromatic heterocycles. The summed E-state index contributed by atoms with van der Waals surface area (Å²) in [5.74, 6) is 0.438. The molecule has 0 unspecified atom stereocenters. The zero-order chi connectivity index (χ0) is 13.6. The van der Waals surface area contributed by atoms with Gasteiger partial charge in [-0.1, -0.05) is 19.1 Å². The molecule has 0 spiro atoms. The molecule has 0 saturated carbocycles. The van der Waals surface area contributed by atoms with Crippen LogP contribution < -0.4 is 14.8 Å². The first-order valence-corrected chi connectivity index (χ1v) is 5.54. The van der Waals surface area contributed by atoms with Gasteiger partial charge in [-0.2, -0.15) is 13.2 Å². The Hall–Kier alpha value is -1.43. The first-order chi connectivity index (χ1) is 8.48. The monoisotopic (exact) mass is 263 g/mol. The maximum atomic E-state index is 12.2. The Labute approximate surface area is 104 Å². The van der Waals surface area contributed by atoms with E-state index in [9.17, 15) is 13.2 Å². The van der Waals surface area contributed by atoms with E-state index in [-0.39, 0.29) is 5.75 Å². The van der Waals surface area contributed by atoms with Gasteiger partial charge in [0.2, 0.25) is 0 Å². The number of para-hydroxylation sites is 1. The lowest BCUT2D eigenvalue weighted by atomic mass is 10.2. The summed E-state index contributed by atoms with van der Waals surface area (Å²) in [6, 6.07) is 4.99. The van der Waals surface area contributed by atoms with Crippen molar-refractivity contribution in [3.8, 4) is 11.5 Å². The molecule has 102 valence electrons. The zero-order valence-corrected chi connectivity index (χ0v) is 10.3. The fraction of sp³-hybridized carbons (Fsp3) is 0.500. The van der Waals surface area contributed by atoms with Gasteiger partial charge in [-0.15, -0.1) is 0 Å². The second-order valence-electron chi connectivity index (χ2n) is 3.63. The second-order valence-corrected chi connectivity index (χ2v) is 3.63. The van der Waals surface area contributed by atoms with Crippen molar-refractivity contribution in [2.45, 2.75) is 19.6 Å². The van der Waals surface area contributed by atoms with E-state index in [1.807, 2.05) is 6.92 Å². The summed E-state index contributed by atoms with van der Waals surface area (Å²) < 4.78 is 46.4. The SMILES string of the molecule is CCNCc1cccc(OC)c1OCC(F)(F)F. The Balaban J connectivity index is 2.89. The Kier molecular flexibility index (Phi) is 5.27. The van der Waals surface area contributed by atoms with Crippen LogP contribution in [-0.2, 0) is 6.54 Å². The van der Waals surface area contributed by atoms with Crippen molar-refractivity contribution in [1.82, 2.24) is 5.32 Å². The third-order valence-corrected chi connectivity index (χ3v) is 2.23.